The Morgan fingerprint density at radius 3 is 2.62 bits per heavy atom. The molecular formula is C27H27N3O3S. The highest BCUT2D eigenvalue weighted by molar-refractivity contribution is 7.13. The van der Waals surface area contributed by atoms with Crippen molar-refractivity contribution in [3.05, 3.63) is 77.9 Å². The number of benzene rings is 2. The molecule has 0 unspecified atom stereocenters. The van der Waals surface area contributed by atoms with Crippen LogP contribution in [0.2, 0.25) is 0 Å². The van der Waals surface area contributed by atoms with Crippen molar-refractivity contribution in [1.82, 2.24) is 9.97 Å². The number of hydrogen-bond donors (Lipinski definition) is 1. The molecule has 0 aliphatic heterocycles. The SMILES string of the molecule is COc1ccc(OCC(=O)Nc2cccc(-c3csc(-c4cccnc4)n3)c2)c(C(C)(C)C)c1. The van der Waals surface area contributed by atoms with Crippen LogP contribution in [-0.2, 0) is 10.2 Å². The quantitative estimate of drug-likeness (QED) is 0.346. The molecule has 174 valence electrons. The zero-order valence-corrected chi connectivity index (χ0v) is 20.5. The lowest BCUT2D eigenvalue weighted by atomic mass is 9.86. The first kappa shape index (κ1) is 23.4. The van der Waals surface area contributed by atoms with Crippen LogP contribution in [0.25, 0.3) is 21.8 Å². The summed E-state index contributed by atoms with van der Waals surface area (Å²) in [6, 6.07) is 17.1. The zero-order valence-electron chi connectivity index (χ0n) is 19.7. The molecule has 0 atom stereocenters. The number of methoxy groups -OCH3 is 1. The van der Waals surface area contributed by atoms with Crippen LogP contribution < -0.4 is 14.8 Å². The minimum absolute atomic E-state index is 0.0957. The average molecular weight is 474 g/mol. The van der Waals surface area contributed by atoms with E-state index in [1.807, 2.05) is 60.0 Å². The molecule has 0 aliphatic rings. The lowest BCUT2D eigenvalue weighted by molar-refractivity contribution is -0.118. The monoisotopic (exact) mass is 473 g/mol. The van der Waals surface area contributed by atoms with E-state index in [0.717, 1.165) is 33.1 Å². The Bertz CT molecular complexity index is 1280. The maximum atomic E-state index is 12.6. The van der Waals surface area contributed by atoms with Crippen molar-refractivity contribution in [2.75, 3.05) is 19.0 Å². The highest BCUT2D eigenvalue weighted by atomic mass is 32.1. The fourth-order valence-corrected chi connectivity index (χ4v) is 4.29. The number of nitrogens with one attached hydrogen (secondary N) is 1. The third-order valence-corrected chi connectivity index (χ3v) is 6.10. The molecule has 0 fully saturated rings. The molecule has 0 saturated heterocycles. The van der Waals surface area contributed by atoms with E-state index in [1.54, 1.807) is 30.8 Å². The van der Waals surface area contributed by atoms with Crippen LogP contribution in [0.1, 0.15) is 26.3 Å². The van der Waals surface area contributed by atoms with E-state index in [-0.39, 0.29) is 17.9 Å². The van der Waals surface area contributed by atoms with Gasteiger partial charge in [0.2, 0.25) is 0 Å². The Morgan fingerprint density at radius 1 is 1.06 bits per heavy atom. The van der Waals surface area contributed by atoms with Gasteiger partial charge in [-0.05, 0) is 47.9 Å². The maximum absolute atomic E-state index is 12.6. The summed E-state index contributed by atoms with van der Waals surface area (Å²) < 4.78 is 11.2. The predicted molar refractivity (Wildman–Crippen MR) is 137 cm³/mol. The van der Waals surface area contributed by atoms with Gasteiger partial charge in [0.05, 0.1) is 12.8 Å². The number of nitrogens with zero attached hydrogens (tertiary/aromatic N) is 2. The topological polar surface area (TPSA) is 73.3 Å². The van der Waals surface area contributed by atoms with Crippen LogP contribution in [0.4, 0.5) is 5.69 Å². The van der Waals surface area contributed by atoms with Gasteiger partial charge in [-0.2, -0.15) is 0 Å². The van der Waals surface area contributed by atoms with Crippen molar-refractivity contribution in [2.45, 2.75) is 26.2 Å². The van der Waals surface area contributed by atoms with Crippen molar-refractivity contribution < 1.29 is 14.3 Å². The van der Waals surface area contributed by atoms with Gasteiger partial charge in [0.15, 0.2) is 6.61 Å². The standard InChI is InChI=1S/C27H27N3O3S/c1-27(2,3)22-14-21(32-4)10-11-24(22)33-16-25(31)29-20-9-5-7-18(13-20)23-17-34-26(30-23)19-8-6-12-28-15-19/h5-15,17H,16H2,1-4H3,(H,29,31). The third-order valence-electron chi connectivity index (χ3n) is 5.21. The highest BCUT2D eigenvalue weighted by Gasteiger charge is 2.20. The van der Waals surface area contributed by atoms with Crippen molar-refractivity contribution >= 4 is 22.9 Å². The number of amides is 1. The molecule has 1 N–H and O–H groups in total. The number of rotatable bonds is 7. The summed E-state index contributed by atoms with van der Waals surface area (Å²) in [5.41, 5.74) is 4.27. The molecule has 0 aliphatic carbocycles. The maximum Gasteiger partial charge on any atom is 0.262 e. The average Bonchev–Trinajstić information content (AvgIpc) is 3.33. The third kappa shape index (κ3) is 5.61. The first-order valence-corrected chi connectivity index (χ1v) is 11.8. The smallest absolute Gasteiger partial charge is 0.262 e. The van der Waals surface area contributed by atoms with Gasteiger partial charge >= 0.3 is 0 Å². The molecule has 7 heteroatoms. The van der Waals surface area contributed by atoms with Crippen LogP contribution in [0.3, 0.4) is 0 Å². The fourth-order valence-electron chi connectivity index (χ4n) is 3.47. The number of thiazole rings is 1. The van der Waals surface area contributed by atoms with E-state index >= 15 is 0 Å². The van der Waals surface area contributed by atoms with Crippen molar-refractivity contribution in [1.29, 1.82) is 0 Å². The number of hydrogen-bond acceptors (Lipinski definition) is 6. The van der Waals surface area contributed by atoms with Crippen LogP contribution in [0.5, 0.6) is 11.5 Å². The molecule has 1 amide bonds. The van der Waals surface area contributed by atoms with E-state index in [9.17, 15) is 4.79 Å². The molecular weight excluding hydrogens is 446 g/mol. The van der Waals surface area contributed by atoms with Gasteiger partial charge in [-0.25, -0.2) is 4.98 Å². The molecule has 0 spiro atoms. The first-order valence-electron chi connectivity index (χ1n) is 10.9. The molecule has 2 aromatic heterocycles. The van der Waals surface area contributed by atoms with Gasteiger partial charge in [0.25, 0.3) is 5.91 Å². The Labute approximate surface area is 203 Å². The fraction of sp³-hybridized carbons (Fsp3) is 0.222. The molecule has 2 aromatic carbocycles. The van der Waals surface area contributed by atoms with E-state index in [4.69, 9.17) is 14.5 Å². The van der Waals surface area contributed by atoms with Gasteiger partial charge < -0.3 is 14.8 Å². The second-order valence-corrected chi connectivity index (χ2v) is 9.67. The Morgan fingerprint density at radius 2 is 1.88 bits per heavy atom. The Kier molecular flexibility index (Phi) is 6.93. The minimum Gasteiger partial charge on any atom is -0.497 e. The molecule has 4 aromatic rings. The van der Waals surface area contributed by atoms with Gasteiger partial charge in [-0.3, -0.25) is 9.78 Å². The van der Waals surface area contributed by atoms with Crippen molar-refractivity contribution in [2.24, 2.45) is 0 Å². The zero-order chi connectivity index (χ0) is 24.1. The summed E-state index contributed by atoms with van der Waals surface area (Å²) in [6.07, 6.45) is 3.54. The number of pyridine rings is 1. The predicted octanol–water partition coefficient (Wildman–Crippen LogP) is 6.20. The number of anilines is 1. The summed E-state index contributed by atoms with van der Waals surface area (Å²) >= 11 is 1.56. The summed E-state index contributed by atoms with van der Waals surface area (Å²) in [5, 5.41) is 5.83. The van der Waals surface area contributed by atoms with Crippen LogP contribution in [-0.4, -0.2) is 29.6 Å². The first-order chi connectivity index (χ1) is 16.3. The van der Waals surface area contributed by atoms with E-state index in [0.29, 0.717) is 11.4 Å². The number of aromatic nitrogens is 2. The van der Waals surface area contributed by atoms with Gasteiger partial charge in [0.1, 0.15) is 16.5 Å². The molecule has 0 saturated carbocycles. The summed E-state index contributed by atoms with van der Waals surface area (Å²) in [6.45, 7) is 6.19. The molecule has 34 heavy (non-hydrogen) atoms. The molecule has 2 heterocycles. The Hall–Kier alpha value is -3.71. The van der Waals surface area contributed by atoms with Gasteiger partial charge in [-0.1, -0.05) is 32.9 Å². The number of carbonyl (C=O) groups excluding carboxylic acids is 1. The lowest BCUT2D eigenvalue weighted by Gasteiger charge is -2.23. The van der Waals surface area contributed by atoms with Crippen LogP contribution >= 0.6 is 11.3 Å². The largest absolute Gasteiger partial charge is 0.497 e. The number of ether oxygens (including phenoxy) is 2. The summed E-state index contributed by atoms with van der Waals surface area (Å²) in [7, 11) is 1.63. The van der Waals surface area contributed by atoms with E-state index in [2.05, 4.69) is 31.1 Å². The second-order valence-electron chi connectivity index (χ2n) is 8.81. The molecule has 4 rings (SSSR count). The second kappa shape index (κ2) is 10.1. The normalized spacial score (nSPS) is 11.2. The highest BCUT2D eigenvalue weighted by Crippen LogP contribution is 2.34. The summed E-state index contributed by atoms with van der Waals surface area (Å²) in [4.78, 5) is 21.5. The van der Waals surface area contributed by atoms with Crippen LogP contribution in [0.15, 0.2) is 72.4 Å². The lowest BCUT2D eigenvalue weighted by Crippen LogP contribution is -2.22. The van der Waals surface area contributed by atoms with Gasteiger partial charge in [-0.15, -0.1) is 11.3 Å². The minimum atomic E-state index is -0.234. The van der Waals surface area contributed by atoms with Crippen LogP contribution in [0, 0.1) is 0 Å². The van der Waals surface area contributed by atoms with E-state index in [1.165, 1.54) is 0 Å². The molecule has 6 nitrogen and oxygen atoms in total. The molecule has 0 bridgehead atoms. The van der Waals surface area contributed by atoms with E-state index < -0.39 is 0 Å². The van der Waals surface area contributed by atoms with Crippen molar-refractivity contribution in [3.63, 3.8) is 0 Å². The summed E-state index contributed by atoms with van der Waals surface area (Å²) in [5.74, 6) is 1.19. The Balaban J connectivity index is 1.43. The number of carbonyl (C=O) groups is 1. The van der Waals surface area contributed by atoms with Crippen molar-refractivity contribution in [3.8, 4) is 33.3 Å². The van der Waals surface area contributed by atoms with Gasteiger partial charge in [0, 0.05) is 40.2 Å². The molecule has 0 radical (unpaired) electrons.